The van der Waals surface area contributed by atoms with E-state index in [-0.39, 0.29) is 0 Å². The minimum atomic E-state index is 0.792. The van der Waals surface area contributed by atoms with E-state index in [1.807, 2.05) is 0 Å². The first-order chi connectivity index (χ1) is 10.3. The lowest BCUT2D eigenvalue weighted by atomic mass is 10.00. The van der Waals surface area contributed by atoms with Crippen molar-refractivity contribution in [2.75, 3.05) is 13.1 Å². The molecular formula is C17H23N3O. The summed E-state index contributed by atoms with van der Waals surface area (Å²) in [6, 6.07) is 10.8. The number of nitrogens with zero attached hydrogens (tertiary/aromatic N) is 2. The lowest BCUT2D eigenvalue weighted by molar-refractivity contribution is 0.214. The van der Waals surface area contributed by atoms with Gasteiger partial charge in [0, 0.05) is 25.7 Å². The third-order valence-corrected chi connectivity index (χ3v) is 3.93. The molecule has 0 amide bonds. The zero-order chi connectivity index (χ0) is 14.5. The van der Waals surface area contributed by atoms with Crippen LogP contribution in [0.1, 0.15) is 35.9 Å². The minimum absolute atomic E-state index is 0.792. The van der Waals surface area contributed by atoms with Gasteiger partial charge in [-0.15, -0.1) is 0 Å². The number of fused-ring (bicyclic) bond motifs is 1. The average Bonchev–Trinajstić information content (AvgIpc) is 2.95. The molecule has 112 valence electrons. The smallest absolute Gasteiger partial charge is 0.151 e. The van der Waals surface area contributed by atoms with Gasteiger partial charge in [-0.2, -0.15) is 0 Å². The van der Waals surface area contributed by atoms with Gasteiger partial charge in [-0.3, -0.25) is 4.90 Å². The highest BCUT2D eigenvalue weighted by atomic mass is 16.5. The van der Waals surface area contributed by atoms with Crippen LogP contribution in [0.2, 0.25) is 0 Å². The Morgan fingerprint density at radius 1 is 1.29 bits per heavy atom. The minimum Gasteiger partial charge on any atom is -0.360 e. The summed E-state index contributed by atoms with van der Waals surface area (Å²) in [7, 11) is 0. The van der Waals surface area contributed by atoms with Gasteiger partial charge in [0.25, 0.3) is 0 Å². The van der Waals surface area contributed by atoms with Gasteiger partial charge >= 0.3 is 0 Å². The lowest BCUT2D eigenvalue weighted by Gasteiger charge is -2.27. The molecule has 0 unspecified atom stereocenters. The van der Waals surface area contributed by atoms with Gasteiger partial charge in [0.2, 0.25) is 0 Å². The van der Waals surface area contributed by atoms with Gasteiger partial charge in [0.05, 0.1) is 12.2 Å². The molecule has 1 aliphatic rings. The second kappa shape index (κ2) is 6.87. The van der Waals surface area contributed by atoms with E-state index < -0.39 is 0 Å². The summed E-state index contributed by atoms with van der Waals surface area (Å²) in [4.78, 5) is 2.42. The maximum Gasteiger partial charge on any atom is 0.151 e. The zero-order valence-electron chi connectivity index (χ0n) is 12.6. The summed E-state index contributed by atoms with van der Waals surface area (Å²) in [5.41, 5.74) is 3.92. The molecule has 1 aromatic carbocycles. The van der Waals surface area contributed by atoms with Gasteiger partial charge < -0.3 is 9.84 Å². The topological polar surface area (TPSA) is 41.3 Å². The molecule has 2 aromatic rings. The summed E-state index contributed by atoms with van der Waals surface area (Å²) in [5, 5.41) is 7.48. The number of hydrogen-bond donors (Lipinski definition) is 1. The molecule has 0 bridgehead atoms. The molecule has 0 aliphatic carbocycles. The zero-order valence-corrected chi connectivity index (χ0v) is 12.6. The Bertz CT molecular complexity index is 579. The molecule has 0 radical (unpaired) electrons. The van der Waals surface area contributed by atoms with Crippen LogP contribution in [-0.4, -0.2) is 23.1 Å². The van der Waals surface area contributed by atoms with Crippen LogP contribution in [0, 0.1) is 0 Å². The van der Waals surface area contributed by atoms with Crippen molar-refractivity contribution in [1.82, 2.24) is 15.4 Å². The molecule has 0 fully saturated rings. The summed E-state index contributed by atoms with van der Waals surface area (Å²) in [6.07, 6.45) is 2.26. The predicted molar refractivity (Wildman–Crippen MR) is 82.8 cm³/mol. The number of aromatic nitrogens is 1. The fraction of sp³-hybridized carbons (Fsp3) is 0.471. The van der Waals surface area contributed by atoms with E-state index in [1.165, 1.54) is 11.1 Å². The highest BCUT2D eigenvalue weighted by Gasteiger charge is 2.17. The molecule has 0 atom stereocenters. The van der Waals surface area contributed by atoms with Crippen molar-refractivity contribution in [3.05, 3.63) is 52.9 Å². The quantitative estimate of drug-likeness (QED) is 0.829. The summed E-state index contributed by atoms with van der Waals surface area (Å²) < 4.78 is 5.45. The number of benzene rings is 1. The van der Waals surface area contributed by atoms with E-state index in [4.69, 9.17) is 4.52 Å². The van der Waals surface area contributed by atoms with Crippen LogP contribution in [0.15, 0.2) is 34.9 Å². The number of hydrogen-bond acceptors (Lipinski definition) is 4. The monoisotopic (exact) mass is 285 g/mol. The van der Waals surface area contributed by atoms with Gasteiger partial charge in [-0.25, -0.2) is 0 Å². The normalized spacial score (nSPS) is 15.1. The van der Waals surface area contributed by atoms with Crippen molar-refractivity contribution >= 4 is 0 Å². The molecule has 1 aliphatic heterocycles. The lowest BCUT2D eigenvalue weighted by Crippen LogP contribution is -2.29. The van der Waals surface area contributed by atoms with E-state index in [0.29, 0.717) is 0 Å². The van der Waals surface area contributed by atoms with Crippen molar-refractivity contribution in [3.63, 3.8) is 0 Å². The van der Waals surface area contributed by atoms with Crippen molar-refractivity contribution in [1.29, 1.82) is 0 Å². The van der Waals surface area contributed by atoms with E-state index in [1.54, 1.807) is 0 Å². The summed E-state index contributed by atoms with van der Waals surface area (Å²) >= 11 is 0. The molecule has 0 saturated heterocycles. The molecule has 0 spiro atoms. The molecule has 1 aromatic heterocycles. The van der Waals surface area contributed by atoms with Crippen LogP contribution in [0.4, 0.5) is 0 Å². The third kappa shape index (κ3) is 3.71. The van der Waals surface area contributed by atoms with E-state index in [0.717, 1.165) is 57.0 Å². The van der Waals surface area contributed by atoms with E-state index in [2.05, 4.69) is 52.6 Å². The van der Waals surface area contributed by atoms with Gasteiger partial charge in [0.1, 0.15) is 0 Å². The van der Waals surface area contributed by atoms with Crippen LogP contribution in [-0.2, 0) is 26.1 Å². The Morgan fingerprint density at radius 3 is 3.00 bits per heavy atom. The first-order valence-electron chi connectivity index (χ1n) is 7.79. The first-order valence-corrected chi connectivity index (χ1v) is 7.79. The first kappa shape index (κ1) is 14.3. The predicted octanol–water partition coefficient (Wildman–Crippen LogP) is 2.73. The maximum atomic E-state index is 5.45. The summed E-state index contributed by atoms with van der Waals surface area (Å²) in [5.74, 6) is 0.961. The fourth-order valence-corrected chi connectivity index (χ4v) is 2.82. The molecule has 21 heavy (non-hydrogen) atoms. The second-order valence-corrected chi connectivity index (χ2v) is 5.69. The van der Waals surface area contributed by atoms with Crippen LogP contribution >= 0.6 is 0 Å². The molecule has 2 heterocycles. The Hall–Kier alpha value is -1.65. The maximum absolute atomic E-state index is 5.45. The molecule has 4 nitrogen and oxygen atoms in total. The van der Waals surface area contributed by atoms with Gasteiger partial charge in [0.15, 0.2) is 5.76 Å². The largest absolute Gasteiger partial charge is 0.360 e. The Morgan fingerprint density at radius 2 is 2.14 bits per heavy atom. The van der Waals surface area contributed by atoms with Crippen LogP contribution < -0.4 is 5.32 Å². The highest BCUT2D eigenvalue weighted by Crippen LogP contribution is 2.20. The van der Waals surface area contributed by atoms with Crippen molar-refractivity contribution in [3.8, 4) is 0 Å². The van der Waals surface area contributed by atoms with Gasteiger partial charge in [-0.1, -0.05) is 36.3 Å². The Kier molecular flexibility index (Phi) is 4.68. The molecule has 1 N–H and O–H groups in total. The van der Waals surface area contributed by atoms with Crippen molar-refractivity contribution in [2.24, 2.45) is 0 Å². The second-order valence-electron chi connectivity index (χ2n) is 5.69. The fourth-order valence-electron chi connectivity index (χ4n) is 2.82. The molecule has 3 rings (SSSR count). The van der Waals surface area contributed by atoms with E-state index >= 15 is 0 Å². The van der Waals surface area contributed by atoms with Crippen LogP contribution in [0.3, 0.4) is 0 Å². The van der Waals surface area contributed by atoms with Crippen LogP contribution in [0.5, 0.6) is 0 Å². The van der Waals surface area contributed by atoms with Crippen LogP contribution in [0.25, 0.3) is 0 Å². The number of nitrogens with one attached hydrogen (secondary N) is 1. The van der Waals surface area contributed by atoms with Crippen molar-refractivity contribution in [2.45, 2.75) is 39.4 Å². The number of rotatable bonds is 6. The Labute approximate surface area is 126 Å². The summed E-state index contributed by atoms with van der Waals surface area (Å²) in [6.45, 7) is 6.90. The Balaban J connectivity index is 1.55. The highest BCUT2D eigenvalue weighted by molar-refractivity contribution is 5.29. The van der Waals surface area contributed by atoms with Crippen molar-refractivity contribution < 1.29 is 4.52 Å². The van der Waals surface area contributed by atoms with Gasteiger partial charge in [-0.05, 0) is 30.5 Å². The molecule has 4 heteroatoms. The standard InChI is InChI=1S/C17H23N3O/c1-2-8-18-11-16-10-17(21-19-16)13-20-9-7-14-5-3-4-6-15(14)12-20/h3-6,10,18H,2,7-9,11-13H2,1H3. The third-order valence-electron chi connectivity index (χ3n) is 3.93. The molecule has 0 saturated carbocycles. The van der Waals surface area contributed by atoms with E-state index in [9.17, 15) is 0 Å². The average molecular weight is 285 g/mol. The molecular weight excluding hydrogens is 262 g/mol. The SMILES string of the molecule is CCCNCc1cc(CN2CCc3ccccc3C2)on1.